The molecule has 0 bridgehead atoms. The van der Waals surface area contributed by atoms with Crippen molar-refractivity contribution in [2.24, 2.45) is 0 Å². The van der Waals surface area contributed by atoms with Crippen LogP contribution in [-0.2, 0) is 13.0 Å². The molecule has 0 saturated carbocycles. The van der Waals surface area contributed by atoms with Crippen molar-refractivity contribution in [3.05, 3.63) is 59.3 Å². The number of carbonyl (C=O) groups is 1. The molecule has 0 saturated heterocycles. The fourth-order valence-electron chi connectivity index (χ4n) is 3.30. The molecule has 3 rings (SSSR count). The summed E-state index contributed by atoms with van der Waals surface area (Å²) in [6.07, 6.45) is 3.03. The Morgan fingerprint density at radius 3 is 2.64 bits per heavy atom. The summed E-state index contributed by atoms with van der Waals surface area (Å²) in [7, 11) is 0. The van der Waals surface area contributed by atoms with Gasteiger partial charge in [-0.3, -0.25) is 4.79 Å². The van der Waals surface area contributed by atoms with E-state index in [1.165, 1.54) is 10.9 Å². The number of benzene rings is 2. The molecule has 1 N–H and O–H groups in total. The second-order valence-electron chi connectivity index (χ2n) is 6.11. The molecule has 4 heteroatoms. The first-order chi connectivity index (χ1) is 12.1. The summed E-state index contributed by atoms with van der Waals surface area (Å²) in [5.41, 5.74) is 5.05. The summed E-state index contributed by atoms with van der Waals surface area (Å²) < 4.78 is 2.11. The largest absolute Gasteiger partial charge is 0.337 e. The van der Waals surface area contributed by atoms with Crippen molar-refractivity contribution in [1.82, 2.24) is 4.57 Å². The zero-order valence-corrected chi connectivity index (χ0v) is 16.0. The molecule has 0 spiro atoms. The van der Waals surface area contributed by atoms with Crippen LogP contribution in [0.3, 0.4) is 0 Å². The Morgan fingerprint density at radius 2 is 1.96 bits per heavy atom. The van der Waals surface area contributed by atoms with Crippen molar-refractivity contribution in [2.75, 3.05) is 11.6 Å². The lowest BCUT2D eigenvalue weighted by atomic mass is 10.1. The number of hydrogen-bond donors (Lipinski definition) is 1. The van der Waals surface area contributed by atoms with Crippen LogP contribution in [0.15, 0.2) is 47.4 Å². The van der Waals surface area contributed by atoms with Gasteiger partial charge in [-0.1, -0.05) is 19.1 Å². The molecular formula is C21H24N2OS. The number of thioether (sulfide) groups is 1. The van der Waals surface area contributed by atoms with Crippen LogP contribution in [-0.4, -0.2) is 16.7 Å². The van der Waals surface area contributed by atoms with Crippen LogP contribution in [0.5, 0.6) is 0 Å². The van der Waals surface area contributed by atoms with E-state index in [1.807, 2.05) is 37.4 Å². The predicted molar refractivity (Wildman–Crippen MR) is 108 cm³/mol. The van der Waals surface area contributed by atoms with E-state index in [2.05, 4.69) is 41.9 Å². The highest BCUT2D eigenvalue weighted by molar-refractivity contribution is 7.98. The number of rotatable bonds is 5. The van der Waals surface area contributed by atoms with E-state index in [0.29, 0.717) is 0 Å². The van der Waals surface area contributed by atoms with Crippen LogP contribution >= 0.6 is 11.8 Å². The average Bonchev–Trinajstić information content (AvgIpc) is 2.93. The Morgan fingerprint density at radius 1 is 1.16 bits per heavy atom. The van der Waals surface area contributed by atoms with Gasteiger partial charge in [0.25, 0.3) is 5.91 Å². The van der Waals surface area contributed by atoms with E-state index in [4.69, 9.17) is 0 Å². The Kier molecular flexibility index (Phi) is 5.19. The predicted octanol–water partition coefficient (Wildman–Crippen LogP) is 5.51. The zero-order chi connectivity index (χ0) is 18.0. The van der Waals surface area contributed by atoms with Gasteiger partial charge in [0, 0.05) is 28.0 Å². The molecule has 2 aromatic carbocycles. The van der Waals surface area contributed by atoms with E-state index in [-0.39, 0.29) is 5.91 Å². The van der Waals surface area contributed by atoms with Crippen molar-refractivity contribution in [1.29, 1.82) is 0 Å². The third kappa shape index (κ3) is 3.31. The van der Waals surface area contributed by atoms with Crippen LogP contribution in [0, 0.1) is 6.92 Å². The molecule has 0 aliphatic heterocycles. The highest BCUT2D eigenvalue weighted by Crippen LogP contribution is 2.28. The first kappa shape index (κ1) is 17.6. The van der Waals surface area contributed by atoms with Crippen molar-refractivity contribution in [2.45, 2.75) is 38.6 Å². The van der Waals surface area contributed by atoms with Crippen LogP contribution in [0.25, 0.3) is 10.9 Å². The summed E-state index contributed by atoms with van der Waals surface area (Å²) in [5, 5.41) is 4.24. The molecule has 0 unspecified atom stereocenters. The quantitative estimate of drug-likeness (QED) is 0.615. The minimum Gasteiger partial charge on any atom is -0.337 e. The second kappa shape index (κ2) is 7.36. The summed E-state index contributed by atoms with van der Waals surface area (Å²) in [6, 6.07) is 14.4. The van der Waals surface area contributed by atoms with Crippen molar-refractivity contribution >= 4 is 34.3 Å². The van der Waals surface area contributed by atoms with Gasteiger partial charge in [-0.2, -0.15) is 0 Å². The lowest BCUT2D eigenvalue weighted by Gasteiger charge is -2.10. The maximum atomic E-state index is 13.0. The van der Waals surface area contributed by atoms with Crippen molar-refractivity contribution in [3.8, 4) is 0 Å². The topological polar surface area (TPSA) is 34.0 Å². The van der Waals surface area contributed by atoms with E-state index in [9.17, 15) is 4.79 Å². The Labute approximate surface area is 153 Å². The van der Waals surface area contributed by atoms with Crippen LogP contribution < -0.4 is 5.32 Å². The van der Waals surface area contributed by atoms with E-state index in [1.54, 1.807) is 11.8 Å². The number of aromatic nitrogens is 1. The lowest BCUT2D eigenvalue weighted by Crippen LogP contribution is -2.17. The van der Waals surface area contributed by atoms with Gasteiger partial charge in [0.05, 0.1) is 0 Å². The number of fused-ring (bicyclic) bond motifs is 1. The normalized spacial score (nSPS) is 11.0. The van der Waals surface area contributed by atoms with Gasteiger partial charge in [0.15, 0.2) is 0 Å². The van der Waals surface area contributed by atoms with Crippen molar-refractivity contribution in [3.63, 3.8) is 0 Å². The summed E-state index contributed by atoms with van der Waals surface area (Å²) >= 11 is 1.67. The molecule has 3 aromatic rings. The van der Waals surface area contributed by atoms with E-state index < -0.39 is 0 Å². The van der Waals surface area contributed by atoms with E-state index >= 15 is 0 Å². The molecule has 0 atom stereocenters. The Balaban J connectivity index is 2.04. The number of nitrogens with zero attached hydrogens (tertiary/aromatic N) is 1. The molecule has 1 amide bonds. The number of hydrogen-bond acceptors (Lipinski definition) is 2. The smallest absolute Gasteiger partial charge is 0.272 e. The molecule has 3 nitrogen and oxygen atoms in total. The maximum absolute atomic E-state index is 13.0. The summed E-state index contributed by atoms with van der Waals surface area (Å²) in [5.74, 6) is -0.0492. The number of anilines is 1. The fraction of sp³-hybridized carbons (Fsp3) is 0.286. The first-order valence-corrected chi connectivity index (χ1v) is 9.88. The molecule has 130 valence electrons. The third-order valence-electron chi connectivity index (χ3n) is 4.65. The van der Waals surface area contributed by atoms with Gasteiger partial charge in [0.1, 0.15) is 5.69 Å². The second-order valence-corrected chi connectivity index (χ2v) is 6.99. The van der Waals surface area contributed by atoms with Gasteiger partial charge >= 0.3 is 0 Å². The van der Waals surface area contributed by atoms with Gasteiger partial charge in [-0.05, 0) is 68.0 Å². The van der Waals surface area contributed by atoms with Crippen LogP contribution in [0.1, 0.15) is 35.5 Å². The fourth-order valence-corrected chi connectivity index (χ4v) is 3.76. The average molecular weight is 353 g/mol. The first-order valence-electron chi connectivity index (χ1n) is 8.66. The molecule has 25 heavy (non-hydrogen) atoms. The highest BCUT2D eigenvalue weighted by atomic mass is 32.2. The molecule has 0 aliphatic carbocycles. The molecule has 1 aromatic heterocycles. The zero-order valence-electron chi connectivity index (χ0n) is 15.2. The standard InChI is InChI=1S/C21H24N2OS/c1-5-15-10-11-19-18(12-15)14(3)20(23(19)6-2)21(24)22-16-8-7-9-17(13-16)25-4/h7-13H,5-6H2,1-4H3,(H,22,24). The monoisotopic (exact) mass is 352 g/mol. The Hall–Kier alpha value is -2.20. The summed E-state index contributed by atoms with van der Waals surface area (Å²) in [6.45, 7) is 7.04. The molecule has 0 aliphatic rings. The maximum Gasteiger partial charge on any atom is 0.272 e. The third-order valence-corrected chi connectivity index (χ3v) is 5.37. The van der Waals surface area contributed by atoms with E-state index in [0.717, 1.165) is 40.3 Å². The van der Waals surface area contributed by atoms with Gasteiger partial charge in [-0.15, -0.1) is 11.8 Å². The summed E-state index contributed by atoms with van der Waals surface area (Å²) in [4.78, 5) is 14.1. The number of aryl methyl sites for hydroxylation is 3. The minimum absolute atomic E-state index is 0.0492. The molecule has 0 fully saturated rings. The lowest BCUT2D eigenvalue weighted by molar-refractivity contribution is 0.101. The number of nitrogens with one attached hydrogen (secondary N) is 1. The molecule has 1 heterocycles. The van der Waals surface area contributed by atoms with Gasteiger partial charge in [-0.25, -0.2) is 0 Å². The molecule has 0 radical (unpaired) electrons. The van der Waals surface area contributed by atoms with Gasteiger partial charge in [0.2, 0.25) is 0 Å². The number of amides is 1. The molecular weight excluding hydrogens is 328 g/mol. The highest BCUT2D eigenvalue weighted by Gasteiger charge is 2.20. The van der Waals surface area contributed by atoms with Crippen LogP contribution in [0.4, 0.5) is 5.69 Å². The van der Waals surface area contributed by atoms with Crippen LogP contribution in [0.2, 0.25) is 0 Å². The minimum atomic E-state index is -0.0492. The number of carbonyl (C=O) groups excluding carboxylic acids is 1. The SMILES string of the molecule is CCc1ccc2c(c1)c(C)c(C(=O)Nc1cccc(SC)c1)n2CC. The van der Waals surface area contributed by atoms with Crippen molar-refractivity contribution < 1.29 is 4.79 Å². The Bertz CT molecular complexity index is 927. The van der Waals surface area contributed by atoms with Gasteiger partial charge < -0.3 is 9.88 Å².